The average Bonchev–Trinajstić information content (AvgIpc) is 3.37. The predicted octanol–water partition coefficient (Wildman–Crippen LogP) is 6.54. The van der Waals surface area contributed by atoms with Gasteiger partial charge in [-0.25, -0.2) is 0 Å². The number of halogens is 1. The first-order valence-corrected chi connectivity index (χ1v) is 17.0. The highest BCUT2D eigenvalue weighted by molar-refractivity contribution is 6.30. The fraction of sp³-hybridized carbons (Fsp3) is 0.333. The topological polar surface area (TPSA) is 55.9 Å². The Kier molecular flexibility index (Phi) is 8.58. The molecule has 0 saturated carbocycles. The summed E-state index contributed by atoms with van der Waals surface area (Å²) in [6, 6.07) is 31.0. The maximum atomic E-state index is 13.9. The summed E-state index contributed by atoms with van der Waals surface area (Å²) in [5, 5.41) is 3.87. The maximum absolute atomic E-state index is 13.9. The number of hydrogen-bond donors (Lipinski definition) is 1. The second kappa shape index (κ2) is 12.9. The SMILES string of the molecule is CCNC(=O)C1(CCCN2CCN(c3ccc4c(c3)C(=O)N(Cc3cccc(Cl)c3)CC4)CC2)c2ccccc2-c2ccccc21. The van der Waals surface area contributed by atoms with E-state index in [9.17, 15) is 9.59 Å². The van der Waals surface area contributed by atoms with Crippen LogP contribution in [0.1, 0.15) is 52.4 Å². The average molecular weight is 633 g/mol. The number of amides is 2. The standard InChI is InChI=1S/C39H41ClN4O2/c1-2-41-38(46)39(35-13-5-3-11-32(35)33-12-4-6-14-36(33)39)18-8-19-42-21-23-43(24-22-42)31-16-15-29-17-20-44(37(45)34(29)26-31)27-28-9-7-10-30(40)25-28/h3-7,9-16,25-26H,2,8,17-24,27H2,1H3,(H,41,46). The highest BCUT2D eigenvalue weighted by Gasteiger charge is 2.48. The van der Waals surface area contributed by atoms with Gasteiger partial charge in [0.05, 0.1) is 0 Å². The minimum absolute atomic E-state index is 0.0952. The molecule has 2 heterocycles. The number of carbonyl (C=O) groups is 2. The molecule has 0 radical (unpaired) electrons. The van der Waals surface area contributed by atoms with Crippen LogP contribution in [0.4, 0.5) is 5.69 Å². The Morgan fingerprint density at radius 2 is 1.54 bits per heavy atom. The van der Waals surface area contributed by atoms with E-state index in [2.05, 4.69) is 81.8 Å². The third-order valence-corrected chi connectivity index (χ3v) is 10.3. The second-order valence-electron chi connectivity index (χ2n) is 12.7. The molecule has 4 aromatic carbocycles. The molecule has 236 valence electrons. The summed E-state index contributed by atoms with van der Waals surface area (Å²) >= 11 is 6.19. The van der Waals surface area contributed by atoms with Crippen molar-refractivity contribution < 1.29 is 9.59 Å². The van der Waals surface area contributed by atoms with Gasteiger partial charge in [-0.2, -0.15) is 0 Å². The molecule has 6 nitrogen and oxygen atoms in total. The number of carbonyl (C=O) groups excluding carboxylic acids is 2. The molecule has 2 aliphatic heterocycles. The van der Waals surface area contributed by atoms with Crippen molar-refractivity contribution in [2.45, 2.75) is 38.1 Å². The monoisotopic (exact) mass is 632 g/mol. The van der Waals surface area contributed by atoms with Gasteiger partial charge in [-0.15, -0.1) is 0 Å². The normalized spacial score (nSPS) is 17.0. The largest absolute Gasteiger partial charge is 0.369 e. The molecule has 0 aromatic heterocycles. The van der Waals surface area contributed by atoms with Crippen molar-refractivity contribution in [1.29, 1.82) is 0 Å². The molecule has 0 atom stereocenters. The van der Waals surface area contributed by atoms with Gasteiger partial charge in [0.15, 0.2) is 0 Å². The second-order valence-corrected chi connectivity index (χ2v) is 13.2. The number of rotatable bonds is 9. The van der Waals surface area contributed by atoms with Crippen LogP contribution in [-0.4, -0.2) is 67.4 Å². The van der Waals surface area contributed by atoms with Crippen LogP contribution < -0.4 is 10.2 Å². The van der Waals surface area contributed by atoms with Crippen molar-refractivity contribution in [3.05, 3.63) is 124 Å². The lowest BCUT2D eigenvalue weighted by Gasteiger charge is -2.37. The molecule has 1 N–H and O–H groups in total. The van der Waals surface area contributed by atoms with Gasteiger partial charge in [-0.1, -0.05) is 78.3 Å². The first-order valence-electron chi connectivity index (χ1n) is 16.6. The number of fused-ring (bicyclic) bond motifs is 4. The van der Waals surface area contributed by atoms with E-state index >= 15 is 0 Å². The van der Waals surface area contributed by atoms with Crippen LogP contribution in [-0.2, 0) is 23.2 Å². The lowest BCUT2D eigenvalue weighted by molar-refractivity contribution is -0.125. The number of anilines is 1. The minimum Gasteiger partial charge on any atom is -0.369 e. The molecule has 4 aromatic rings. The number of benzene rings is 4. The van der Waals surface area contributed by atoms with E-state index in [1.54, 1.807) is 0 Å². The summed E-state index contributed by atoms with van der Waals surface area (Å²) in [5.41, 5.74) is 8.05. The van der Waals surface area contributed by atoms with Crippen LogP contribution in [0.15, 0.2) is 91.0 Å². The van der Waals surface area contributed by atoms with Gasteiger partial charge in [0.1, 0.15) is 5.41 Å². The van der Waals surface area contributed by atoms with E-state index in [4.69, 9.17) is 11.6 Å². The summed E-state index contributed by atoms with van der Waals surface area (Å²) < 4.78 is 0. The van der Waals surface area contributed by atoms with Crippen LogP contribution in [0.25, 0.3) is 11.1 Å². The van der Waals surface area contributed by atoms with E-state index in [1.807, 2.05) is 36.1 Å². The molecule has 1 saturated heterocycles. The quantitative estimate of drug-likeness (QED) is 0.228. The summed E-state index contributed by atoms with van der Waals surface area (Å²) in [5.74, 6) is 0.197. The van der Waals surface area contributed by atoms with Crippen molar-refractivity contribution >= 4 is 29.1 Å². The van der Waals surface area contributed by atoms with Gasteiger partial charge in [0, 0.05) is 62.1 Å². The summed E-state index contributed by atoms with van der Waals surface area (Å²) in [6.07, 6.45) is 2.56. The van der Waals surface area contributed by atoms with Gasteiger partial charge in [0.2, 0.25) is 5.91 Å². The first-order chi connectivity index (χ1) is 22.5. The molecule has 2 amide bonds. The molecule has 1 aliphatic carbocycles. The zero-order valence-corrected chi connectivity index (χ0v) is 27.2. The molecule has 0 bridgehead atoms. The molecule has 0 unspecified atom stereocenters. The van der Waals surface area contributed by atoms with Crippen LogP contribution >= 0.6 is 11.6 Å². The Labute approximate surface area is 277 Å². The summed E-state index contributed by atoms with van der Waals surface area (Å²) in [7, 11) is 0. The van der Waals surface area contributed by atoms with Crippen molar-refractivity contribution in [2.75, 3.05) is 50.7 Å². The highest BCUT2D eigenvalue weighted by atomic mass is 35.5. The molecule has 46 heavy (non-hydrogen) atoms. The molecule has 1 fully saturated rings. The van der Waals surface area contributed by atoms with Gasteiger partial charge >= 0.3 is 0 Å². The van der Waals surface area contributed by atoms with Crippen molar-refractivity contribution in [3.8, 4) is 11.1 Å². The Hall–Kier alpha value is -4.13. The molecule has 7 rings (SSSR count). The first kappa shape index (κ1) is 30.5. The Balaban J connectivity index is 0.999. The smallest absolute Gasteiger partial charge is 0.254 e. The fourth-order valence-corrected chi connectivity index (χ4v) is 7.99. The van der Waals surface area contributed by atoms with E-state index in [1.165, 1.54) is 11.1 Å². The molecular weight excluding hydrogens is 592 g/mol. The lowest BCUT2D eigenvalue weighted by atomic mass is 9.73. The van der Waals surface area contributed by atoms with Gasteiger partial charge in [0.25, 0.3) is 5.91 Å². The third kappa shape index (κ3) is 5.58. The number of nitrogens with zero attached hydrogens (tertiary/aromatic N) is 3. The molecular formula is C39H41ClN4O2. The number of likely N-dealkylation sites (N-methyl/N-ethyl adjacent to an activating group) is 1. The van der Waals surface area contributed by atoms with Crippen LogP contribution in [0.3, 0.4) is 0 Å². The summed E-state index contributed by atoms with van der Waals surface area (Å²) in [6.45, 7) is 8.56. The molecule has 7 heteroatoms. The van der Waals surface area contributed by atoms with Crippen molar-refractivity contribution in [3.63, 3.8) is 0 Å². The van der Waals surface area contributed by atoms with Crippen LogP contribution in [0.2, 0.25) is 5.02 Å². The molecule has 3 aliphatic rings. The van der Waals surface area contributed by atoms with E-state index in [-0.39, 0.29) is 11.8 Å². The van der Waals surface area contributed by atoms with Crippen molar-refractivity contribution in [1.82, 2.24) is 15.1 Å². The third-order valence-electron chi connectivity index (χ3n) is 10.1. The van der Waals surface area contributed by atoms with Crippen molar-refractivity contribution in [2.24, 2.45) is 0 Å². The Bertz CT molecular complexity index is 1720. The highest BCUT2D eigenvalue weighted by Crippen LogP contribution is 2.51. The number of hydrogen-bond acceptors (Lipinski definition) is 4. The Morgan fingerprint density at radius 1 is 0.826 bits per heavy atom. The van der Waals surface area contributed by atoms with Crippen LogP contribution in [0, 0.1) is 0 Å². The van der Waals surface area contributed by atoms with Crippen LogP contribution in [0.5, 0.6) is 0 Å². The Morgan fingerprint density at radius 3 is 2.24 bits per heavy atom. The number of piperazine rings is 1. The zero-order chi connectivity index (χ0) is 31.7. The summed E-state index contributed by atoms with van der Waals surface area (Å²) in [4.78, 5) is 34.2. The maximum Gasteiger partial charge on any atom is 0.254 e. The van der Waals surface area contributed by atoms with E-state index < -0.39 is 5.41 Å². The zero-order valence-electron chi connectivity index (χ0n) is 26.5. The van der Waals surface area contributed by atoms with E-state index in [0.29, 0.717) is 18.1 Å². The van der Waals surface area contributed by atoms with E-state index in [0.717, 1.165) is 92.0 Å². The van der Waals surface area contributed by atoms with Gasteiger partial charge in [-0.05, 0) is 90.4 Å². The number of nitrogens with one attached hydrogen (secondary N) is 1. The molecule has 0 spiro atoms. The predicted molar refractivity (Wildman–Crippen MR) is 186 cm³/mol. The fourth-order valence-electron chi connectivity index (χ4n) is 7.77. The minimum atomic E-state index is -0.665. The lowest BCUT2D eigenvalue weighted by Crippen LogP contribution is -2.48. The van der Waals surface area contributed by atoms with Gasteiger partial charge < -0.3 is 15.1 Å². The van der Waals surface area contributed by atoms with Gasteiger partial charge in [-0.3, -0.25) is 14.5 Å².